The lowest BCUT2D eigenvalue weighted by Gasteiger charge is -2.16. The van der Waals surface area contributed by atoms with Crippen molar-refractivity contribution in [1.82, 2.24) is 15.2 Å². The molecule has 0 aromatic carbocycles. The van der Waals surface area contributed by atoms with E-state index in [4.69, 9.17) is 5.84 Å². The molecule has 4 nitrogen and oxygen atoms in total. The Hall–Kier alpha value is -0.690. The summed E-state index contributed by atoms with van der Waals surface area (Å²) in [5.41, 5.74) is 6.17. The Kier molecular flexibility index (Phi) is 3.67. The summed E-state index contributed by atoms with van der Waals surface area (Å²) in [5, 5.41) is 6.48. The highest BCUT2D eigenvalue weighted by Gasteiger charge is 2.23. The fourth-order valence-electron chi connectivity index (χ4n) is 2.01. The summed E-state index contributed by atoms with van der Waals surface area (Å²) in [6, 6.07) is 2.02. The van der Waals surface area contributed by atoms with Gasteiger partial charge < -0.3 is 0 Å². The fraction of sp³-hybridized carbons (Fsp3) is 0.364. The number of halogens is 1. The van der Waals surface area contributed by atoms with Crippen LogP contribution in [0, 0.1) is 13.8 Å². The van der Waals surface area contributed by atoms with Crippen LogP contribution in [-0.4, -0.2) is 9.78 Å². The molecule has 92 valence electrons. The van der Waals surface area contributed by atoms with Gasteiger partial charge in [0.25, 0.3) is 0 Å². The molecule has 17 heavy (non-hydrogen) atoms. The van der Waals surface area contributed by atoms with Crippen LogP contribution in [0.15, 0.2) is 15.9 Å². The Morgan fingerprint density at radius 1 is 1.53 bits per heavy atom. The topological polar surface area (TPSA) is 55.9 Å². The second kappa shape index (κ2) is 4.89. The largest absolute Gasteiger partial charge is 0.272 e. The number of nitrogens with zero attached hydrogens (tertiary/aromatic N) is 2. The minimum atomic E-state index is -0.0157. The lowest BCUT2D eigenvalue weighted by Crippen LogP contribution is -2.29. The number of nitrogens with two attached hydrogens (primary N) is 1. The highest BCUT2D eigenvalue weighted by Crippen LogP contribution is 2.35. The highest BCUT2D eigenvalue weighted by atomic mass is 79.9. The molecule has 0 fully saturated rings. The lowest BCUT2D eigenvalue weighted by molar-refractivity contribution is 0.636. The third kappa shape index (κ3) is 2.18. The van der Waals surface area contributed by atoms with Crippen LogP contribution in [0.4, 0.5) is 0 Å². The summed E-state index contributed by atoms with van der Waals surface area (Å²) in [5.74, 6) is 5.71. The van der Waals surface area contributed by atoms with E-state index in [0.29, 0.717) is 0 Å². The SMILES string of the molecule is Cc1nn(C)c(C)c1C(NN)c1sccc1Br. The molecule has 2 rings (SSSR count). The van der Waals surface area contributed by atoms with Crippen molar-refractivity contribution in [3.8, 4) is 0 Å². The quantitative estimate of drug-likeness (QED) is 0.675. The zero-order valence-corrected chi connectivity index (χ0v) is 12.4. The van der Waals surface area contributed by atoms with E-state index in [2.05, 4.69) is 33.4 Å². The minimum Gasteiger partial charge on any atom is -0.272 e. The summed E-state index contributed by atoms with van der Waals surface area (Å²) in [7, 11) is 1.95. The molecule has 1 unspecified atom stereocenters. The summed E-state index contributed by atoms with van der Waals surface area (Å²) in [4.78, 5) is 1.17. The Morgan fingerprint density at radius 2 is 2.24 bits per heavy atom. The first-order valence-corrected chi connectivity index (χ1v) is 6.92. The van der Waals surface area contributed by atoms with E-state index in [-0.39, 0.29) is 6.04 Å². The van der Waals surface area contributed by atoms with Gasteiger partial charge in [0.2, 0.25) is 0 Å². The molecule has 0 aliphatic heterocycles. The van der Waals surface area contributed by atoms with Gasteiger partial charge in [0, 0.05) is 27.7 Å². The van der Waals surface area contributed by atoms with Crippen LogP contribution < -0.4 is 11.3 Å². The Bertz CT molecular complexity index is 532. The van der Waals surface area contributed by atoms with Crippen LogP contribution in [0.25, 0.3) is 0 Å². The van der Waals surface area contributed by atoms with Gasteiger partial charge in [0.1, 0.15) is 0 Å². The van der Waals surface area contributed by atoms with E-state index < -0.39 is 0 Å². The Balaban J connectivity index is 2.53. The third-order valence-corrected chi connectivity index (χ3v) is 4.86. The van der Waals surface area contributed by atoms with Crippen molar-refractivity contribution in [2.45, 2.75) is 19.9 Å². The highest BCUT2D eigenvalue weighted by molar-refractivity contribution is 9.10. The summed E-state index contributed by atoms with van der Waals surface area (Å²) in [6.45, 7) is 4.06. The maximum atomic E-state index is 5.71. The molecule has 0 radical (unpaired) electrons. The van der Waals surface area contributed by atoms with Gasteiger partial charge in [-0.3, -0.25) is 10.5 Å². The first-order valence-electron chi connectivity index (χ1n) is 5.25. The molecule has 3 N–H and O–H groups in total. The van der Waals surface area contributed by atoms with E-state index in [1.165, 1.54) is 4.88 Å². The number of thiophene rings is 1. The number of hydrogen-bond acceptors (Lipinski definition) is 4. The molecule has 0 aliphatic carbocycles. The first-order chi connectivity index (χ1) is 8.06. The molecule has 0 saturated carbocycles. The molecule has 0 spiro atoms. The van der Waals surface area contributed by atoms with Crippen molar-refractivity contribution >= 4 is 27.3 Å². The maximum absolute atomic E-state index is 5.71. The normalized spacial score (nSPS) is 13.0. The molecule has 0 amide bonds. The van der Waals surface area contributed by atoms with E-state index in [0.717, 1.165) is 21.4 Å². The molecular weight excluding hydrogens is 300 g/mol. The van der Waals surface area contributed by atoms with Crippen molar-refractivity contribution in [2.24, 2.45) is 12.9 Å². The van der Waals surface area contributed by atoms with Crippen LogP contribution in [0.5, 0.6) is 0 Å². The molecule has 0 saturated heterocycles. The van der Waals surface area contributed by atoms with Gasteiger partial charge in [-0.1, -0.05) is 0 Å². The fourth-order valence-corrected chi connectivity index (χ4v) is 3.68. The van der Waals surface area contributed by atoms with E-state index in [1.807, 2.05) is 30.1 Å². The summed E-state index contributed by atoms with van der Waals surface area (Å²) < 4.78 is 2.96. The molecule has 2 heterocycles. The van der Waals surface area contributed by atoms with E-state index in [9.17, 15) is 0 Å². The zero-order chi connectivity index (χ0) is 12.6. The zero-order valence-electron chi connectivity index (χ0n) is 9.99. The smallest absolute Gasteiger partial charge is 0.0849 e. The average Bonchev–Trinajstić information content (AvgIpc) is 2.79. The van der Waals surface area contributed by atoms with Gasteiger partial charge in [0.15, 0.2) is 0 Å². The molecule has 0 bridgehead atoms. The van der Waals surface area contributed by atoms with Crippen LogP contribution in [0.2, 0.25) is 0 Å². The van der Waals surface area contributed by atoms with Gasteiger partial charge >= 0.3 is 0 Å². The number of hydrogen-bond donors (Lipinski definition) is 2. The van der Waals surface area contributed by atoms with Gasteiger partial charge in [-0.05, 0) is 41.2 Å². The monoisotopic (exact) mass is 314 g/mol. The first kappa shape index (κ1) is 12.8. The van der Waals surface area contributed by atoms with Gasteiger partial charge in [-0.2, -0.15) is 5.10 Å². The van der Waals surface area contributed by atoms with Gasteiger partial charge in [-0.25, -0.2) is 5.43 Å². The molecular formula is C11H15BrN4S. The number of rotatable bonds is 3. The van der Waals surface area contributed by atoms with Crippen LogP contribution in [0.1, 0.15) is 27.9 Å². The van der Waals surface area contributed by atoms with Crippen molar-refractivity contribution < 1.29 is 0 Å². The molecule has 6 heteroatoms. The molecule has 2 aromatic heterocycles. The van der Waals surface area contributed by atoms with E-state index >= 15 is 0 Å². The number of nitrogens with one attached hydrogen (secondary N) is 1. The maximum Gasteiger partial charge on any atom is 0.0849 e. The second-order valence-corrected chi connectivity index (χ2v) is 5.74. The molecule has 2 aromatic rings. The molecule has 0 aliphatic rings. The summed E-state index contributed by atoms with van der Waals surface area (Å²) in [6.07, 6.45) is 0. The van der Waals surface area contributed by atoms with Crippen molar-refractivity contribution in [1.29, 1.82) is 0 Å². The predicted molar refractivity (Wildman–Crippen MR) is 73.9 cm³/mol. The van der Waals surface area contributed by atoms with Crippen LogP contribution in [0.3, 0.4) is 0 Å². The van der Waals surface area contributed by atoms with Crippen LogP contribution in [-0.2, 0) is 7.05 Å². The Labute approximate surface area is 113 Å². The van der Waals surface area contributed by atoms with Crippen LogP contribution >= 0.6 is 27.3 Å². The number of hydrazine groups is 1. The standard InChI is InChI=1S/C11H15BrN4S/c1-6-9(7(2)16(3)15-6)10(14-13)11-8(12)4-5-17-11/h4-5,10,14H,13H2,1-3H3. The van der Waals surface area contributed by atoms with Gasteiger partial charge in [0.05, 0.1) is 11.7 Å². The van der Waals surface area contributed by atoms with Crippen molar-refractivity contribution in [3.63, 3.8) is 0 Å². The number of aromatic nitrogens is 2. The summed E-state index contributed by atoms with van der Waals surface area (Å²) >= 11 is 5.23. The predicted octanol–water partition coefficient (Wildman–Crippen LogP) is 2.41. The number of aryl methyl sites for hydroxylation is 2. The average molecular weight is 315 g/mol. The Morgan fingerprint density at radius 3 is 2.65 bits per heavy atom. The molecule has 1 atom stereocenters. The minimum absolute atomic E-state index is 0.0157. The van der Waals surface area contributed by atoms with E-state index in [1.54, 1.807) is 11.3 Å². The van der Waals surface area contributed by atoms with Crippen molar-refractivity contribution in [3.05, 3.63) is 37.7 Å². The lowest BCUT2D eigenvalue weighted by atomic mass is 10.0. The second-order valence-electron chi connectivity index (χ2n) is 3.94. The third-order valence-electron chi connectivity index (χ3n) is 2.93. The van der Waals surface area contributed by atoms with Crippen molar-refractivity contribution in [2.75, 3.05) is 0 Å². The van der Waals surface area contributed by atoms with Gasteiger partial charge in [-0.15, -0.1) is 11.3 Å².